The highest BCUT2D eigenvalue weighted by molar-refractivity contribution is 7.18. The fourth-order valence-corrected chi connectivity index (χ4v) is 5.37. The van der Waals surface area contributed by atoms with Crippen molar-refractivity contribution in [3.8, 4) is 0 Å². The molecule has 0 N–H and O–H groups in total. The van der Waals surface area contributed by atoms with Crippen LogP contribution in [-0.4, -0.2) is 33.7 Å². The van der Waals surface area contributed by atoms with Crippen LogP contribution in [0.3, 0.4) is 0 Å². The number of aromatic nitrogens is 2. The summed E-state index contributed by atoms with van der Waals surface area (Å²) in [5, 5.41) is 4.37. The molecule has 6 heteroatoms. The third-order valence-electron chi connectivity index (χ3n) is 5.24. The van der Waals surface area contributed by atoms with Crippen LogP contribution >= 0.6 is 22.7 Å². The van der Waals surface area contributed by atoms with Gasteiger partial charge in [0.25, 0.3) is 0 Å². The maximum Gasteiger partial charge on any atom is 0.137 e. The first-order valence-electron chi connectivity index (χ1n) is 9.56. The zero-order valence-corrected chi connectivity index (χ0v) is 17.5. The van der Waals surface area contributed by atoms with Gasteiger partial charge in [-0.2, -0.15) is 0 Å². The number of thiazole rings is 2. The molecule has 0 unspecified atom stereocenters. The van der Waals surface area contributed by atoms with Crippen molar-refractivity contribution in [1.82, 2.24) is 14.9 Å². The number of fused-ring (bicyclic) bond motifs is 1. The molecule has 27 heavy (non-hydrogen) atoms. The minimum atomic E-state index is 0.365. The summed E-state index contributed by atoms with van der Waals surface area (Å²) in [7, 11) is 0. The molecule has 0 aliphatic carbocycles. The van der Waals surface area contributed by atoms with E-state index in [4.69, 9.17) is 0 Å². The van der Waals surface area contributed by atoms with Gasteiger partial charge in [0.2, 0.25) is 0 Å². The summed E-state index contributed by atoms with van der Waals surface area (Å²) >= 11 is 3.42. The third-order valence-corrected chi connectivity index (χ3v) is 6.99. The number of nitrogens with zero attached hydrogens (tertiary/aromatic N) is 3. The lowest BCUT2D eigenvalue weighted by molar-refractivity contribution is -0.119. The first-order valence-corrected chi connectivity index (χ1v) is 11.3. The van der Waals surface area contributed by atoms with Gasteiger partial charge in [0.15, 0.2) is 0 Å². The average Bonchev–Trinajstić information content (AvgIpc) is 3.20. The number of hydrogen-bond acceptors (Lipinski definition) is 6. The first kappa shape index (κ1) is 18.7. The van der Waals surface area contributed by atoms with Crippen LogP contribution in [0.4, 0.5) is 0 Å². The van der Waals surface area contributed by atoms with Crippen molar-refractivity contribution in [2.24, 2.45) is 5.92 Å². The smallest absolute Gasteiger partial charge is 0.137 e. The second-order valence-corrected chi connectivity index (χ2v) is 9.83. The predicted molar refractivity (Wildman–Crippen MR) is 113 cm³/mol. The van der Waals surface area contributed by atoms with E-state index in [2.05, 4.69) is 39.3 Å². The maximum atomic E-state index is 12.6. The molecule has 0 saturated carbocycles. The Morgan fingerprint density at radius 1 is 1.19 bits per heavy atom. The topological polar surface area (TPSA) is 46.1 Å². The molecule has 1 fully saturated rings. The van der Waals surface area contributed by atoms with Gasteiger partial charge in [-0.15, -0.1) is 22.7 Å². The van der Waals surface area contributed by atoms with Crippen molar-refractivity contribution >= 4 is 38.7 Å². The Morgan fingerprint density at radius 3 is 2.74 bits per heavy atom. The minimum Gasteiger partial charge on any atom is -0.299 e. The number of carbonyl (C=O) groups is 1. The third kappa shape index (κ3) is 4.81. The Hall–Kier alpha value is -1.63. The number of likely N-dealkylation sites (tertiary alicyclic amines) is 1. The highest BCUT2D eigenvalue weighted by Gasteiger charge is 2.22. The maximum absolute atomic E-state index is 12.6. The van der Waals surface area contributed by atoms with Gasteiger partial charge in [0.1, 0.15) is 5.78 Å². The molecule has 2 aromatic heterocycles. The van der Waals surface area contributed by atoms with Gasteiger partial charge in [-0.3, -0.25) is 9.69 Å². The van der Waals surface area contributed by atoms with Crippen molar-refractivity contribution in [3.63, 3.8) is 0 Å². The van der Waals surface area contributed by atoms with Crippen molar-refractivity contribution in [3.05, 3.63) is 44.9 Å². The number of aryl methyl sites for hydroxylation is 2. The van der Waals surface area contributed by atoms with Gasteiger partial charge < -0.3 is 0 Å². The molecule has 1 saturated heterocycles. The molecule has 3 heterocycles. The van der Waals surface area contributed by atoms with E-state index in [-0.39, 0.29) is 0 Å². The lowest BCUT2D eigenvalue weighted by Gasteiger charge is -2.31. The highest BCUT2D eigenvalue weighted by atomic mass is 32.1. The van der Waals surface area contributed by atoms with Gasteiger partial charge in [-0.1, -0.05) is 6.07 Å². The first-order chi connectivity index (χ1) is 13.0. The van der Waals surface area contributed by atoms with Crippen LogP contribution < -0.4 is 0 Å². The number of hydrogen-bond donors (Lipinski definition) is 0. The van der Waals surface area contributed by atoms with E-state index in [0.29, 0.717) is 24.5 Å². The molecular formula is C21H25N3OS2. The molecule has 3 aromatic rings. The predicted octanol–water partition coefficient (Wildman–Crippen LogP) is 4.78. The highest BCUT2D eigenvalue weighted by Crippen LogP contribution is 2.25. The molecule has 1 aliphatic rings. The van der Waals surface area contributed by atoms with Crippen LogP contribution in [0.1, 0.15) is 40.5 Å². The van der Waals surface area contributed by atoms with Gasteiger partial charge in [0, 0.05) is 24.8 Å². The van der Waals surface area contributed by atoms with Crippen LogP contribution in [0.2, 0.25) is 0 Å². The molecule has 4 rings (SSSR count). The van der Waals surface area contributed by atoms with E-state index in [9.17, 15) is 4.79 Å². The fraction of sp³-hybridized carbons (Fsp3) is 0.476. The summed E-state index contributed by atoms with van der Waals surface area (Å²) < 4.78 is 1.18. The van der Waals surface area contributed by atoms with Gasteiger partial charge >= 0.3 is 0 Å². The van der Waals surface area contributed by atoms with E-state index in [1.54, 1.807) is 22.7 Å². The molecule has 0 radical (unpaired) electrons. The Morgan fingerprint density at radius 2 is 2.00 bits per heavy atom. The Bertz CT molecular complexity index is 938. The van der Waals surface area contributed by atoms with E-state index in [1.807, 2.05) is 13.0 Å². The monoisotopic (exact) mass is 399 g/mol. The van der Waals surface area contributed by atoms with Gasteiger partial charge in [-0.25, -0.2) is 9.97 Å². The number of Topliss-reactive ketones (excluding diaryl/α,β-unsaturated/α-hetero) is 1. The quantitative estimate of drug-likeness (QED) is 0.598. The van der Waals surface area contributed by atoms with Crippen LogP contribution in [0.15, 0.2) is 23.6 Å². The van der Waals surface area contributed by atoms with Crippen LogP contribution in [-0.2, 0) is 17.8 Å². The number of carbonyl (C=O) groups excluding carboxylic acids is 1. The lowest BCUT2D eigenvalue weighted by Crippen LogP contribution is -2.34. The molecule has 0 amide bonds. The van der Waals surface area contributed by atoms with Crippen LogP contribution in [0.25, 0.3) is 10.2 Å². The number of ketones is 1. The fourth-order valence-electron chi connectivity index (χ4n) is 3.87. The normalized spacial score (nSPS) is 16.2. The summed E-state index contributed by atoms with van der Waals surface area (Å²) in [5.41, 5.74) is 3.34. The molecule has 0 atom stereocenters. The number of piperidine rings is 1. The zero-order valence-electron chi connectivity index (χ0n) is 15.9. The van der Waals surface area contributed by atoms with Gasteiger partial charge in [0.05, 0.1) is 25.9 Å². The van der Waals surface area contributed by atoms with E-state index < -0.39 is 0 Å². The Labute approximate surface area is 168 Å². The van der Waals surface area contributed by atoms with Crippen molar-refractivity contribution in [2.75, 3.05) is 13.1 Å². The standard InChI is InChI=1S/C21H25N3OS2/c1-14-22-18(13-26-14)12-24-7-5-16(6-8-24)9-19(25)10-17-3-4-20-21(11-17)27-15(2)23-20/h3-4,11,13,16H,5-10,12H2,1-2H3. The molecule has 0 bridgehead atoms. The zero-order chi connectivity index (χ0) is 18.8. The lowest BCUT2D eigenvalue weighted by atomic mass is 9.90. The van der Waals surface area contributed by atoms with Crippen LogP contribution in [0, 0.1) is 19.8 Å². The summed E-state index contributed by atoms with van der Waals surface area (Å²) in [4.78, 5) is 24.1. The average molecular weight is 400 g/mol. The summed E-state index contributed by atoms with van der Waals surface area (Å²) in [6.45, 7) is 7.16. The number of rotatable bonds is 6. The van der Waals surface area contributed by atoms with Crippen molar-refractivity contribution < 1.29 is 4.79 Å². The van der Waals surface area contributed by atoms with Gasteiger partial charge in [-0.05, 0) is 63.4 Å². The SMILES string of the molecule is Cc1nc(CN2CCC(CC(=O)Cc3ccc4nc(C)sc4c3)CC2)cs1. The Kier molecular flexibility index (Phi) is 5.66. The largest absolute Gasteiger partial charge is 0.299 e. The molecule has 0 spiro atoms. The molecule has 142 valence electrons. The second-order valence-electron chi connectivity index (χ2n) is 7.53. The van der Waals surface area contributed by atoms with Crippen molar-refractivity contribution in [1.29, 1.82) is 0 Å². The Balaban J connectivity index is 1.26. The van der Waals surface area contributed by atoms with Crippen LogP contribution in [0.5, 0.6) is 0 Å². The molecular weight excluding hydrogens is 374 g/mol. The summed E-state index contributed by atoms with van der Waals surface area (Å²) in [6, 6.07) is 6.23. The van der Waals surface area contributed by atoms with E-state index in [0.717, 1.165) is 53.6 Å². The van der Waals surface area contributed by atoms with E-state index >= 15 is 0 Å². The molecule has 1 aromatic carbocycles. The second kappa shape index (κ2) is 8.17. The minimum absolute atomic E-state index is 0.365. The van der Waals surface area contributed by atoms with E-state index in [1.165, 1.54) is 10.4 Å². The number of benzene rings is 1. The summed E-state index contributed by atoms with van der Waals surface area (Å²) in [5.74, 6) is 0.893. The molecule has 4 nitrogen and oxygen atoms in total. The van der Waals surface area contributed by atoms with Crippen molar-refractivity contribution in [2.45, 2.75) is 46.1 Å². The summed E-state index contributed by atoms with van der Waals surface area (Å²) in [6.07, 6.45) is 3.48. The molecule has 1 aliphatic heterocycles.